The standard InChI is InChI=1S/C24H24FNO3S/c1-14-20(11-16-5-8-18(30-4)9-6-16)19-10-7-17(25)12-22(19)21(14)13-23(27)26-15(2)24(28)29-3/h5-12,15H,13H2,1-4H3,(H,26,27)/b20-11-/t15-/m0/s1. The third kappa shape index (κ3) is 4.65. The van der Waals surface area contributed by atoms with E-state index in [-0.39, 0.29) is 18.1 Å². The van der Waals surface area contributed by atoms with Crippen molar-refractivity contribution in [2.75, 3.05) is 13.4 Å². The largest absolute Gasteiger partial charge is 0.467 e. The third-order valence-electron chi connectivity index (χ3n) is 5.15. The maximum absolute atomic E-state index is 14.0. The Morgan fingerprint density at radius 2 is 1.87 bits per heavy atom. The molecular formula is C24H24FNO3S. The molecule has 0 aliphatic heterocycles. The first-order chi connectivity index (χ1) is 14.3. The topological polar surface area (TPSA) is 55.4 Å². The first-order valence-corrected chi connectivity index (χ1v) is 10.8. The van der Waals surface area contributed by atoms with Gasteiger partial charge in [-0.2, -0.15) is 0 Å². The predicted molar refractivity (Wildman–Crippen MR) is 119 cm³/mol. The van der Waals surface area contributed by atoms with E-state index < -0.39 is 12.0 Å². The fraction of sp³-hybridized carbons (Fsp3) is 0.250. The molecule has 156 valence electrons. The number of benzene rings is 2. The second kappa shape index (κ2) is 9.30. The number of hydrogen-bond acceptors (Lipinski definition) is 4. The number of carbonyl (C=O) groups excluding carboxylic acids is 2. The Morgan fingerprint density at radius 3 is 2.50 bits per heavy atom. The van der Waals surface area contributed by atoms with Crippen molar-refractivity contribution in [1.29, 1.82) is 0 Å². The Bertz CT molecular complexity index is 1040. The van der Waals surface area contributed by atoms with E-state index in [0.29, 0.717) is 5.56 Å². The highest BCUT2D eigenvalue weighted by molar-refractivity contribution is 7.98. The minimum Gasteiger partial charge on any atom is -0.467 e. The zero-order valence-electron chi connectivity index (χ0n) is 17.4. The molecule has 4 nitrogen and oxygen atoms in total. The summed E-state index contributed by atoms with van der Waals surface area (Å²) in [6.45, 7) is 3.50. The Hall–Kier alpha value is -2.86. The number of esters is 1. The van der Waals surface area contributed by atoms with Crippen molar-refractivity contribution < 1.29 is 18.7 Å². The number of methoxy groups -OCH3 is 1. The molecule has 6 heteroatoms. The molecular weight excluding hydrogens is 401 g/mol. The van der Waals surface area contributed by atoms with Gasteiger partial charge in [-0.1, -0.05) is 18.2 Å². The molecule has 1 amide bonds. The van der Waals surface area contributed by atoms with Crippen molar-refractivity contribution in [2.45, 2.75) is 31.2 Å². The van der Waals surface area contributed by atoms with Crippen LogP contribution >= 0.6 is 11.8 Å². The third-order valence-corrected chi connectivity index (χ3v) is 5.89. The Kier molecular flexibility index (Phi) is 6.77. The van der Waals surface area contributed by atoms with Gasteiger partial charge < -0.3 is 10.1 Å². The fourth-order valence-corrected chi connectivity index (χ4v) is 3.95. The molecule has 0 heterocycles. The van der Waals surface area contributed by atoms with E-state index in [0.717, 1.165) is 27.8 Å². The fourth-order valence-electron chi connectivity index (χ4n) is 3.54. The van der Waals surface area contributed by atoms with Crippen LogP contribution in [0.5, 0.6) is 0 Å². The molecule has 3 rings (SSSR count). The molecule has 2 aromatic rings. The van der Waals surface area contributed by atoms with Crippen LogP contribution in [0.25, 0.3) is 17.2 Å². The monoisotopic (exact) mass is 425 g/mol. The highest BCUT2D eigenvalue weighted by Gasteiger charge is 2.26. The molecule has 0 bridgehead atoms. The van der Waals surface area contributed by atoms with Gasteiger partial charge in [-0.3, -0.25) is 4.79 Å². The van der Waals surface area contributed by atoms with E-state index in [1.54, 1.807) is 24.8 Å². The van der Waals surface area contributed by atoms with Gasteiger partial charge in [0.1, 0.15) is 11.9 Å². The van der Waals surface area contributed by atoms with Gasteiger partial charge in [0.15, 0.2) is 0 Å². The highest BCUT2D eigenvalue weighted by Crippen LogP contribution is 2.43. The van der Waals surface area contributed by atoms with E-state index in [2.05, 4.69) is 28.3 Å². The number of fused-ring (bicyclic) bond motifs is 1. The normalized spacial score (nSPS) is 15.2. The molecule has 0 saturated carbocycles. The van der Waals surface area contributed by atoms with Crippen LogP contribution < -0.4 is 5.32 Å². The maximum atomic E-state index is 14.0. The van der Waals surface area contributed by atoms with Gasteiger partial charge in [-0.15, -0.1) is 11.8 Å². The molecule has 0 spiro atoms. The lowest BCUT2D eigenvalue weighted by Crippen LogP contribution is -2.39. The Balaban J connectivity index is 1.95. The number of nitrogens with one attached hydrogen (secondary N) is 1. The second-order valence-electron chi connectivity index (χ2n) is 7.11. The minimum atomic E-state index is -0.748. The van der Waals surface area contributed by atoms with Crippen molar-refractivity contribution in [1.82, 2.24) is 5.32 Å². The molecule has 0 fully saturated rings. The lowest BCUT2D eigenvalue weighted by Gasteiger charge is -2.12. The van der Waals surface area contributed by atoms with Gasteiger partial charge in [0.2, 0.25) is 5.91 Å². The van der Waals surface area contributed by atoms with Crippen LogP contribution in [-0.4, -0.2) is 31.3 Å². The zero-order valence-corrected chi connectivity index (χ0v) is 18.2. The number of thioether (sulfide) groups is 1. The second-order valence-corrected chi connectivity index (χ2v) is 7.99. The van der Waals surface area contributed by atoms with Crippen LogP contribution in [-0.2, 0) is 14.3 Å². The Labute approximate surface area is 180 Å². The molecule has 2 aromatic carbocycles. The van der Waals surface area contributed by atoms with E-state index in [4.69, 9.17) is 0 Å². The van der Waals surface area contributed by atoms with Gasteiger partial charge in [0.05, 0.1) is 13.5 Å². The SMILES string of the molecule is COC(=O)[C@H](C)NC(=O)CC1=C(C)/C(=C/c2ccc(SC)cc2)c2ccc(F)cc21. The van der Waals surface area contributed by atoms with Gasteiger partial charge in [-0.25, -0.2) is 9.18 Å². The predicted octanol–water partition coefficient (Wildman–Crippen LogP) is 4.94. The summed E-state index contributed by atoms with van der Waals surface area (Å²) in [6, 6.07) is 12.1. The van der Waals surface area contributed by atoms with Crippen LogP contribution in [0.3, 0.4) is 0 Å². The van der Waals surface area contributed by atoms with Gasteiger partial charge >= 0.3 is 5.97 Å². The van der Waals surface area contributed by atoms with E-state index in [1.807, 2.05) is 25.3 Å². The summed E-state index contributed by atoms with van der Waals surface area (Å²) in [4.78, 5) is 25.3. The summed E-state index contributed by atoms with van der Waals surface area (Å²) in [5.74, 6) is -1.18. The van der Waals surface area contributed by atoms with Crippen molar-refractivity contribution >= 4 is 40.9 Å². The lowest BCUT2D eigenvalue weighted by molar-refractivity contribution is -0.144. The van der Waals surface area contributed by atoms with Crippen LogP contribution in [0, 0.1) is 5.82 Å². The quantitative estimate of drug-likeness (QED) is 0.526. The summed E-state index contributed by atoms with van der Waals surface area (Å²) in [5, 5.41) is 2.64. The summed E-state index contributed by atoms with van der Waals surface area (Å²) in [7, 11) is 1.27. The number of hydrogen-bond donors (Lipinski definition) is 1. The van der Waals surface area contributed by atoms with E-state index in [1.165, 1.54) is 24.1 Å². The van der Waals surface area contributed by atoms with E-state index >= 15 is 0 Å². The number of carbonyl (C=O) groups is 2. The molecule has 1 N–H and O–H groups in total. The van der Waals surface area contributed by atoms with Crippen LogP contribution in [0.15, 0.2) is 52.9 Å². The molecule has 0 radical (unpaired) electrons. The number of amides is 1. The number of halogens is 1. The van der Waals surface area contributed by atoms with Crippen molar-refractivity contribution in [2.24, 2.45) is 0 Å². The van der Waals surface area contributed by atoms with Gasteiger partial charge in [0.25, 0.3) is 0 Å². The van der Waals surface area contributed by atoms with Crippen molar-refractivity contribution in [3.05, 3.63) is 70.5 Å². The van der Waals surface area contributed by atoms with Crippen LogP contribution in [0.4, 0.5) is 4.39 Å². The average molecular weight is 426 g/mol. The molecule has 1 aliphatic rings. The van der Waals surface area contributed by atoms with Crippen LogP contribution in [0.2, 0.25) is 0 Å². The summed E-state index contributed by atoms with van der Waals surface area (Å²) < 4.78 is 18.6. The molecule has 0 aromatic heterocycles. The summed E-state index contributed by atoms with van der Waals surface area (Å²) in [6.07, 6.45) is 4.13. The van der Waals surface area contributed by atoms with Crippen molar-refractivity contribution in [3.8, 4) is 0 Å². The molecule has 1 atom stereocenters. The summed E-state index contributed by atoms with van der Waals surface area (Å²) in [5.41, 5.74) is 5.27. The molecule has 0 saturated heterocycles. The first kappa shape index (κ1) is 21.8. The zero-order chi connectivity index (χ0) is 21.8. The van der Waals surface area contributed by atoms with Gasteiger partial charge in [0, 0.05) is 4.90 Å². The number of ether oxygens (including phenoxy) is 1. The summed E-state index contributed by atoms with van der Waals surface area (Å²) >= 11 is 1.68. The molecule has 0 unspecified atom stereocenters. The number of allylic oxidation sites excluding steroid dienone is 2. The van der Waals surface area contributed by atoms with E-state index in [9.17, 15) is 14.0 Å². The average Bonchev–Trinajstić information content (AvgIpc) is 2.98. The maximum Gasteiger partial charge on any atom is 0.328 e. The minimum absolute atomic E-state index is 0.0480. The first-order valence-electron chi connectivity index (χ1n) is 9.57. The van der Waals surface area contributed by atoms with Gasteiger partial charge in [-0.05, 0) is 83.9 Å². The Morgan fingerprint density at radius 1 is 1.17 bits per heavy atom. The lowest BCUT2D eigenvalue weighted by atomic mass is 10.0. The van der Waals surface area contributed by atoms with Crippen molar-refractivity contribution in [3.63, 3.8) is 0 Å². The number of rotatable bonds is 6. The molecule has 1 aliphatic carbocycles. The smallest absolute Gasteiger partial charge is 0.328 e. The molecule has 30 heavy (non-hydrogen) atoms. The van der Waals surface area contributed by atoms with Crippen LogP contribution in [0.1, 0.15) is 37.0 Å². The highest BCUT2D eigenvalue weighted by atomic mass is 32.2.